The van der Waals surface area contributed by atoms with E-state index in [4.69, 9.17) is 5.73 Å². The number of benzene rings is 1. The van der Waals surface area contributed by atoms with Crippen LogP contribution in [0.25, 0.3) is 0 Å². The molecule has 23 heavy (non-hydrogen) atoms. The molecule has 1 fully saturated rings. The molecule has 0 saturated heterocycles. The van der Waals surface area contributed by atoms with Crippen LogP contribution in [0, 0.1) is 0 Å². The van der Waals surface area contributed by atoms with Crippen LogP contribution in [0.15, 0.2) is 24.3 Å². The van der Waals surface area contributed by atoms with E-state index < -0.39 is 18.1 Å². The fraction of sp³-hybridized carbons (Fsp3) is 0.500. The van der Waals surface area contributed by atoms with Crippen molar-refractivity contribution >= 4 is 11.8 Å². The highest BCUT2D eigenvalue weighted by Gasteiger charge is 2.38. The molecule has 1 aliphatic rings. The van der Waals surface area contributed by atoms with Crippen LogP contribution in [0.5, 0.6) is 5.75 Å². The molecule has 1 saturated carbocycles. The zero-order valence-corrected chi connectivity index (χ0v) is 12.7. The van der Waals surface area contributed by atoms with Gasteiger partial charge in [-0.15, -0.1) is 0 Å². The Kier molecular flexibility index (Phi) is 5.52. The Morgan fingerprint density at radius 3 is 2.30 bits per heavy atom. The van der Waals surface area contributed by atoms with E-state index in [2.05, 4.69) is 10.1 Å². The maximum absolute atomic E-state index is 12.2. The lowest BCUT2D eigenvalue weighted by Crippen LogP contribution is -2.58. The number of halogens is 2. The summed E-state index contributed by atoms with van der Waals surface area (Å²) in [6.45, 7) is -2.88. The minimum Gasteiger partial charge on any atom is -0.435 e. The summed E-state index contributed by atoms with van der Waals surface area (Å²) in [7, 11) is 0. The van der Waals surface area contributed by atoms with E-state index in [1.165, 1.54) is 24.3 Å². The normalized spacial score (nSPS) is 16.8. The van der Waals surface area contributed by atoms with Crippen LogP contribution in [-0.4, -0.2) is 24.0 Å². The van der Waals surface area contributed by atoms with Crippen molar-refractivity contribution in [3.63, 3.8) is 0 Å². The van der Waals surface area contributed by atoms with Crippen LogP contribution in [0.1, 0.15) is 37.7 Å². The van der Waals surface area contributed by atoms with Crippen molar-refractivity contribution in [2.45, 2.75) is 50.7 Å². The zero-order valence-electron chi connectivity index (χ0n) is 12.7. The minimum absolute atomic E-state index is 0.0324. The van der Waals surface area contributed by atoms with E-state index in [9.17, 15) is 18.4 Å². The zero-order chi connectivity index (χ0) is 16.9. The van der Waals surface area contributed by atoms with Gasteiger partial charge in [-0.1, -0.05) is 31.4 Å². The molecule has 0 heterocycles. The molecule has 0 spiro atoms. The first-order valence-electron chi connectivity index (χ1n) is 7.56. The van der Waals surface area contributed by atoms with Crippen molar-refractivity contribution in [3.8, 4) is 5.75 Å². The Balaban J connectivity index is 1.96. The summed E-state index contributed by atoms with van der Waals surface area (Å²) in [6.07, 6.45) is 3.87. The third-order valence-electron chi connectivity index (χ3n) is 4.07. The topological polar surface area (TPSA) is 81.4 Å². The highest BCUT2D eigenvalue weighted by Crippen LogP contribution is 2.28. The summed E-state index contributed by atoms with van der Waals surface area (Å²) in [5.74, 6) is -0.787. The van der Waals surface area contributed by atoms with Gasteiger partial charge < -0.3 is 15.8 Å². The Labute approximate surface area is 133 Å². The van der Waals surface area contributed by atoms with Crippen LogP contribution < -0.4 is 15.8 Å². The third-order valence-corrected chi connectivity index (χ3v) is 4.07. The largest absolute Gasteiger partial charge is 0.435 e. The predicted octanol–water partition coefficient (Wildman–Crippen LogP) is 2.13. The molecule has 0 atom stereocenters. The monoisotopic (exact) mass is 326 g/mol. The van der Waals surface area contributed by atoms with Gasteiger partial charge in [0.25, 0.3) is 0 Å². The van der Waals surface area contributed by atoms with Crippen LogP contribution >= 0.6 is 0 Å². The van der Waals surface area contributed by atoms with Crippen LogP contribution in [0.2, 0.25) is 0 Å². The standard InChI is InChI=1S/C16H20F2N2O3/c17-15(18)23-12-6-4-11(5-7-12)10-13(21)20-16(14(19)22)8-2-1-3-9-16/h4-7,15H,1-3,8-10H2,(H2,19,22)(H,20,21). The van der Waals surface area contributed by atoms with Gasteiger partial charge in [0, 0.05) is 0 Å². The van der Waals surface area contributed by atoms with Gasteiger partial charge >= 0.3 is 6.61 Å². The Hall–Kier alpha value is -2.18. The molecular weight excluding hydrogens is 306 g/mol. The van der Waals surface area contributed by atoms with Crippen LogP contribution in [-0.2, 0) is 16.0 Å². The van der Waals surface area contributed by atoms with Gasteiger partial charge in [-0.25, -0.2) is 0 Å². The fourth-order valence-electron chi connectivity index (χ4n) is 2.87. The molecule has 5 nitrogen and oxygen atoms in total. The molecule has 0 radical (unpaired) electrons. The molecule has 126 valence electrons. The van der Waals surface area contributed by atoms with Crippen molar-refractivity contribution in [1.82, 2.24) is 5.32 Å². The van der Waals surface area contributed by atoms with E-state index in [0.717, 1.165) is 19.3 Å². The molecule has 0 aliphatic heterocycles. The second-order valence-corrected chi connectivity index (χ2v) is 5.75. The van der Waals surface area contributed by atoms with Gasteiger partial charge in [-0.05, 0) is 30.5 Å². The first-order chi connectivity index (χ1) is 10.9. The third kappa shape index (κ3) is 4.64. The van der Waals surface area contributed by atoms with Gasteiger partial charge in [0.05, 0.1) is 6.42 Å². The molecule has 0 aromatic heterocycles. The Bertz CT molecular complexity index is 555. The molecule has 0 bridgehead atoms. The van der Waals surface area contributed by atoms with Gasteiger partial charge in [-0.2, -0.15) is 8.78 Å². The van der Waals surface area contributed by atoms with Crippen molar-refractivity contribution < 1.29 is 23.1 Å². The molecule has 1 aliphatic carbocycles. The van der Waals surface area contributed by atoms with E-state index in [1.54, 1.807) is 0 Å². The molecule has 1 aromatic carbocycles. The molecule has 2 amide bonds. The number of rotatable bonds is 6. The minimum atomic E-state index is -2.88. The molecule has 1 aromatic rings. The number of nitrogens with two attached hydrogens (primary N) is 1. The molecule has 0 unspecified atom stereocenters. The Morgan fingerprint density at radius 1 is 1.17 bits per heavy atom. The van der Waals surface area contributed by atoms with Gasteiger partial charge in [0.15, 0.2) is 0 Å². The van der Waals surface area contributed by atoms with E-state index in [0.29, 0.717) is 18.4 Å². The quantitative estimate of drug-likeness (QED) is 0.840. The number of carbonyl (C=O) groups is 2. The summed E-state index contributed by atoms with van der Waals surface area (Å²) in [5.41, 5.74) is 5.14. The number of nitrogens with one attached hydrogen (secondary N) is 1. The van der Waals surface area contributed by atoms with Crippen molar-refractivity contribution in [2.75, 3.05) is 0 Å². The first kappa shape index (κ1) is 17.2. The number of carbonyl (C=O) groups excluding carboxylic acids is 2. The van der Waals surface area contributed by atoms with E-state index in [1.807, 2.05) is 0 Å². The second-order valence-electron chi connectivity index (χ2n) is 5.75. The van der Waals surface area contributed by atoms with Crippen molar-refractivity contribution in [3.05, 3.63) is 29.8 Å². The van der Waals surface area contributed by atoms with Gasteiger partial charge in [0.2, 0.25) is 11.8 Å². The molecule has 3 N–H and O–H groups in total. The average molecular weight is 326 g/mol. The fourth-order valence-corrected chi connectivity index (χ4v) is 2.87. The maximum Gasteiger partial charge on any atom is 0.387 e. The number of ether oxygens (including phenoxy) is 1. The summed E-state index contributed by atoms with van der Waals surface area (Å²) in [4.78, 5) is 23.9. The van der Waals surface area contributed by atoms with E-state index >= 15 is 0 Å². The van der Waals surface area contributed by atoms with Crippen LogP contribution in [0.3, 0.4) is 0 Å². The molecular formula is C16H20F2N2O3. The number of hydrogen-bond donors (Lipinski definition) is 2. The summed E-state index contributed by atoms with van der Waals surface area (Å²) >= 11 is 0. The summed E-state index contributed by atoms with van der Waals surface area (Å²) in [5, 5.41) is 2.76. The Morgan fingerprint density at radius 2 is 1.78 bits per heavy atom. The molecule has 7 heteroatoms. The summed E-state index contributed by atoms with van der Waals surface area (Å²) in [6, 6.07) is 5.82. The predicted molar refractivity (Wildman–Crippen MR) is 79.9 cm³/mol. The smallest absolute Gasteiger partial charge is 0.387 e. The summed E-state index contributed by atoms with van der Waals surface area (Å²) < 4.78 is 28.4. The average Bonchev–Trinajstić information content (AvgIpc) is 2.49. The first-order valence-corrected chi connectivity index (χ1v) is 7.56. The number of amides is 2. The van der Waals surface area contributed by atoms with E-state index in [-0.39, 0.29) is 18.1 Å². The van der Waals surface area contributed by atoms with Gasteiger partial charge in [-0.3, -0.25) is 9.59 Å². The van der Waals surface area contributed by atoms with Gasteiger partial charge in [0.1, 0.15) is 11.3 Å². The lowest BCUT2D eigenvalue weighted by molar-refractivity contribution is -0.132. The lowest BCUT2D eigenvalue weighted by Gasteiger charge is -2.35. The number of primary amides is 1. The number of alkyl halides is 2. The SMILES string of the molecule is NC(=O)C1(NC(=O)Cc2ccc(OC(F)F)cc2)CCCCC1. The molecule has 2 rings (SSSR count). The lowest BCUT2D eigenvalue weighted by atomic mass is 9.81. The van der Waals surface area contributed by atoms with Crippen molar-refractivity contribution in [2.24, 2.45) is 5.73 Å². The number of hydrogen-bond acceptors (Lipinski definition) is 3. The maximum atomic E-state index is 12.2. The highest BCUT2D eigenvalue weighted by atomic mass is 19.3. The van der Waals surface area contributed by atoms with Crippen LogP contribution in [0.4, 0.5) is 8.78 Å². The van der Waals surface area contributed by atoms with Crippen molar-refractivity contribution in [1.29, 1.82) is 0 Å². The highest BCUT2D eigenvalue weighted by molar-refractivity contribution is 5.91. The second kappa shape index (κ2) is 7.39.